The lowest BCUT2D eigenvalue weighted by Gasteiger charge is -2.19. The van der Waals surface area contributed by atoms with Crippen LogP contribution in [-0.4, -0.2) is 60.5 Å². The van der Waals surface area contributed by atoms with Crippen molar-refractivity contribution in [1.82, 2.24) is 10.2 Å². The third-order valence-corrected chi connectivity index (χ3v) is 3.06. The van der Waals surface area contributed by atoms with Crippen molar-refractivity contribution in [1.29, 1.82) is 0 Å². The van der Waals surface area contributed by atoms with Crippen molar-refractivity contribution in [3.05, 3.63) is 0 Å². The molecule has 4 heteroatoms. The third kappa shape index (κ3) is 6.43. The Labute approximate surface area is 98.6 Å². The van der Waals surface area contributed by atoms with Gasteiger partial charge >= 0.3 is 0 Å². The topological polar surface area (TPSA) is 55.7 Å². The number of nitrogens with one attached hydrogen (secondary N) is 1. The molecule has 1 aliphatic rings. The van der Waals surface area contributed by atoms with Gasteiger partial charge in [0.15, 0.2) is 0 Å². The summed E-state index contributed by atoms with van der Waals surface area (Å²) in [5.74, 6) is 0. The number of likely N-dealkylation sites (tertiary alicyclic amines) is 1. The largest absolute Gasteiger partial charge is 0.396 e. The molecule has 0 aromatic heterocycles. The van der Waals surface area contributed by atoms with Crippen LogP contribution in [0, 0.1) is 0 Å². The molecule has 4 nitrogen and oxygen atoms in total. The van der Waals surface area contributed by atoms with Crippen molar-refractivity contribution in [3.8, 4) is 0 Å². The molecule has 1 unspecified atom stereocenters. The van der Waals surface area contributed by atoms with Crippen LogP contribution in [0.15, 0.2) is 0 Å². The van der Waals surface area contributed by atoms with Gasteiger partial charge in [-0.15, -0.1) is 0 Å². The van der Waals surface area contributed by atoms with Crippen LogP contribution in [-0.2, 0) is 0 Å². The van der Waals surface area contributed by atoms with E-state index >= 15 is 0 Å². The van der Waals surface area contributed by atoms with Crippen molar-refractivity contribution in [2.75, 3.05) is 39.3 Å². The molecule has 1 atom stereocenters. The molecule has 1 aliphatic heterocycles. The first-order valence-electron chi connectivity index (χ1n) is 6.55. The Morgan fingerprint density at radius 3 is 2.56 bits per heavy atom. The van der Waals surface area contributed by atoms with Crippen molar-refractivity contribution in [2.24, 2.45) is 0 Å². The zero-order valence-corrected chi connectivity index (χ0v) is 10.2. The monoisotopic (exact) mass is 230 g/mol. The fraction of sp³-hybridized carbons (Fsp3) is 1.00. The second kappa shape index (κ2) is 8.93. The van der Waals surface area contributed by atoms with Gasteiger partial charge in [0.2, 0.25) is 0 Å². The summed E-state index contributed by atoms with van der Waals surface area (Å²) in [6.45, 7) is 5.02. The molecular weight excluding hydrogens is 204 g/mol. The minimum atomic E-state index is -0.240. The maximum absolute atomic E-state index is 9.77. The quantitative estimate of drug-likeness (QED) is 0.495. The Morgan fingerprint density at radius 1 is 1.12 bits per heavy atom. The van der Waals surface area contributed by atoms with E-state index in [0.717, 1.165) is 45.4 Å². The summed E-state index contributed by atoms with van der Waals surface area (Å²) < 4.78 is 0. The average Bonchev–Trinajstić information content (AvgIpc) is 2.76. The number of aliphatic hydroxyl groups excluding tert-OH is 2. The van der Waals surface area contributed by atoms with Gasteiger partial charge in [0.25, 0.3) is 0 Å². The molecule has 1 heterocycles. The van der Waals surface area contributed by atoms with E-state index in [1.165, 1.54) is 12.8 Å². The maximum Gasteiger partial charge on any atom is 0.0791 e. The second-order valence-electron chi connectivity index (χ2n) is 4.65. The molecule has 1 rings (SSSR count). The van der Waals surface area contributed by atoms with Gasteiger partial charge in [-0.3, -0.25) is 0 Å². The molecule has 1 fully saturated rings. The number of hydrogen-bond donors (Lipinski definition) is 3. The highest BCUT2D eigenvalue weighted by molar-refractivity contribution is 4.71. The minimum absolute atomic E-state index is 0.240. The average molecular weight is 230 g/mol. The van der Waals surface area contributed by atoms with Crippen LogP contribution in [0.4, 0.5) is 0 Å². The van der Waals surface area contributed by atoms with Crippen LogP contribution in [0.2, 0.25) is 0 Å². The van der Waals surface area contributed by atoms with Crippen LogP contribution in [0.5, 0.6) is 0 Å². The van der Waals surface area contributed by atoms with Gasteiger partial charge in [0.1, 0.15) is 0 Å². The first-order chi connectivity index (χ1) is 7.83. The van der Waals surface area contributed by atoms with E-state index in [2.05, 4.69) is 10.2 Å². The molecule has 0 aromatic carbocycles. The number of aliphatic hydroxyl groups is 2. The van der Waals surface area contributed by atoms with E-state index in [1.807, 2.05) is 0 Å². The first kappa shape index (κ1) is 13.9. The smallest absolute Gasteiger partial charge is 0.0791 e. The summed E-state index contributed by atoms with van der Waals surface area (Å²) in [4.78, 5) is 2.33. The summed E-state index contributed by atoms with van der Waals surface area (Å²) in [7, 11) is 0. The zero-order chi connectivity index (χ0) is 11.6. The van der Waals surface area contributed by atoms with Gasteiger partial charge in [-0.25, -0.2) is 0 Å². The SMILES string of the molecule is OCCCCCNCC(O)CN1CCCC1. The molecule has 96 valence electrons. The highest BCUT2D eigenvalue weighted by atomic mass is 16.3. The molecule has 0 saturated carbocycles. The number of nitrogens with zero attached hydrogens (tertiary/aromatic N) is 1. The standard InChI is InChI=1S/C12H26N2O2/c15-9-5-1-2-6-13-10-12(16)11-14-7-3-4-8-14/h12-13,15-16H,1-11H2. The van der Waals surface area contributed by atoms with Crippen molar-refractivity contribution in [3.63, 3.8) is 0 Å². The van der Waals surface area contributed by atoms with Gasteiger partial charge in [-0.1, -0.05) is 0 Å². The van der Waals surface area contributed by atoms with Gasteiger partial charge in [-0.2, -0.15) is 0 Å². The van der Waals surface area contributed by atoms with Crippen molar-refractivity contribution in [2.45, 2.75) is 38.2 Å². The molecule has 0 bridgehead atoms. The lowest BCUT2D eigenvalue weighted by Crippen LogP contribution is -2.37. The Bertz CT molecular complexity index is 161. The predicted octanol–water partition coefficient (Wildman–Crippen LogP) is 0.195. The summed E-state index contributed by atoms with van der Waals surface area (Å²) in [6.07, 6.45) is 5.35. The van der Waals surface area contributed by atoms with Crippen molar-refractivity contribution >= 4 is 0 Å². The fourth-order valence-corrected chi connectivity index (χ4v) is 2.14. The molecule has 0 aromatic rings. The highest BCUT2D eigenvalue weighted by Crippen LogP contribution is 2.07. The van der Waals surface area contributed by atoms with E-state index in [0.29, 0.717) is 6.54 Å². The minimum Gasteiger partial charge on any atom is -0.396 e. The zero-order valence-electron chi connectivity index (χ0n) is 10.2. The van der Waals surface area contributed by atoms with Gasteiger partial charge in [-0.05, 0) is 51.7 Å². The molecule has 3 N–H and O–H groups in total. The summed E-state index contributed by atoms with van der Waals surface area (Å²) in [5.41, 5.74) is 0. The molecule has 16 heavy (non-hydrogen) atoms. The first-order valence-corrected chi connectivity index (χ1v) is 6.55. The molecule has 1 saturated heterocycles. The summed E-state index contributed by atoms with van der Waals surface area (Å²) in [6, 6.07) is 0. The predicted molar refractivity (Wildman–Crippen MR) is 65.5 cm³/mol. The normalized spacial score (nSPS) is 19.1. The number of unbranched alkanes of at least 4 members (excludes halogenated alkanes) is 2. The van der Waals surface area contributed by atoms with E-state index < -0.39 is 0 Å². The molecule has 0 amide bonds. The summed E-state index contributed by atoms with van der Waals surface area (Å²) >= 11 is 0. The molecule has 0 spiro atoms. The van der Waals surface area contributed by atoms with E-state index in [1.54, 1.807) is 0 Å². The molecular formula is C12H26N2O2. The second-order valence-corrected chi connectivity index (χ2v) is 4.65. The van der Waals surface area contributed by atoms with Gasteiger partial charge < -0.3 is 20.4 Å². The Morgan fingerprint density at radius 2 is 1.88 bits per heavy atom. The molecule has 0 aliphatic carbocycles. The van der Waals surface area contributed by atoms with Crippen LogP contribution in [0.1, 0.15) is 32.1 Å². The number of hydrogen-bond acceptors (Lipinski definition) is 4. The highest BCUT2D eigenvalue weighted by Gasteiger charge is 2.14. The van der Waals surface area contributed by atoms with E-state index in [4.69, 9.17) is 5.11 Å². The Kier molecular flexibility index (Phi) is 7.76. The lowest BCUT2D eigenvalue weighted by atomic mass is 10.2. The lowest BCUT2D eigenvalue weighted by molar-refractivity contribution is 0.123. The van der Waals surface area contributed by atoms with Crippen LogP contribution in [0.25, 0.3) is 0 Å². The Balaban J connectivity index is 1.87. The van der Waals surface area contributed by atoms with E-state index in [-0.39, 0.29) is 12.7 Å². The van der Waals surface area contributed by atoms with Gasteiger partial charge in [0.05, 0.1) is 6.10 Å². The van der Waals surface area contributed by atoms with Crippen molar-refractivity contribution < 1.29 is 10.2 Å². The Hall–Kier alpha value is -0.160. The number of rotatable bonds is 9. The number of β-amino-alcohol motifs (C(OH)–C–C–N with tert-alkyl or cyclic N) is 1. The fourth-order valence-electron chi connectivity index (χ4n) is 2.14. The van der Waals surface area contributed by atoms with Crippen LogP contribution in [0.3, 0.4) is 0 Å². The van der Waals surface area contributed by atoms with E-state index in [9.17, 15) is 5.11 Å². The van der Waals surface area contributed by atoms with Crippen LogP contribution >= 0.6 is 0 Å². The summed E-state index contributed by atoms with van der Waals surface area (Å²) in [5, 5.41) is 21.6. The maximum atomic E-state index is 9.77. The van der Waals surface area contributed by atoms with Crippen LogP contribution < -0.4 is 5.32 Å². The molecule has 0 radical (unpaired) electrons. The third-order valence-electron chi connectivity index (χ3n) is 3.06. The van der Waals surface area contributed by atoms with Gasteiger partial charge in [0, 0.05) is 19.7 Å².